The molecule has 0 N–H and O–H groups in total. The smallest absolute Gasteiger partial charge is 0.404 e. The molecule has 0 atom stereocenters. The SMILES string of the molecule is COc1cc[c]([Mg][CH3])cc1.Cl. The summed E-state index contributed by atoms with van der Waals surface area (Å²) < 4.78 is 6.52. The van der Waals surface area contributed by atoms with Crippen LogP contribution in [0.4, 0.5) is 0 Å². The van der Waals surface area contributed by atoms with Crippen LogP contribution in [0, 0.1) is 0 Å². The van der Waals surface area contributed by atoms with Crippen LogP contribution in [0.15, 0.2) is 24.3 Å². The van der Waals surface area contributed by atoms with Gasteiger partial charge in [-0.1, -0.05) is 12.1 Å². The van der Waals surface area contributed by atoms with Crippen LogP contribution < -0.4 is 8.43 Å². The first-order chi connectivity index (χ1) is 4.86. The van der Waals surface area contributed by atoms with Gasteiger partial charge < -0.3 is 4.74 Å². The third-order valence-corrected chi connectivity index (χ3v) is 2.86. The number of hydrogen-bond donors (Lipinski definition) is 0. The molecule has 11 heavy (non-hydrogen) atoms. The van der Waals surface area contributed by atoms with Crippen LogP contribution in [-0.2, 0) is 0 Å². The number of halogens is 1. The van der Waals surface area contributed by atoms with Crippen LogP contribution in [-0.4, -0.2) is 27.5 Å². The number of methoxy groups -OCH3 is 1. The fourth-order valence-corrected chi connectivity index (χ4v) is 1.57. The Bertz CT molecular complexity index is 175. The molecule has 0 aliphatic rings. The summed E-state index contributed by atoms with van der Waals surface area (Å²) in [5, 5.41) is 2.28. The van der Waals surface area contributed by atoms with Crippen molar-refractivity contribution in [2.75, 3.05) is 7.11 Å². The number of ether oxygens (including phenoxy) is 1. The van der Waals surface area contributed by atoms with Crippen LogP contribution in [0.1, 0.15) is 0 Å². The average Bonchev–Trinajstić information content (AvgIpc) is 2.05. The summed E-state index contributed by atoms with van der Waals surface area (Å²) in [6, 6.07) is 8.33. The molecular weight excluding hydrogens is 172 g/mol. The van der Waals surface area contributed by atoms with Crippen molar-refractivity contribution in [2.45, 2.75) is 5.05 Å². The minimum absolute atomic E-state index is 0. The van der Waals surface area contributed by atoms with E-state index >= 15 is 0 Å². The van der Waals surface area contributed by atoms with Crippen molar-refractivity contribution in [1.29, 1.82) is 0 Å². The normalized spacial score (nSPS) is 7.82. The Morgan fingerprint density at radius 3 is 2.09 bits per heavy atom. The van der Waals surface area contributed by atoms with Crippen LogP contribution in [0.25, 0.3) is 0 Å². The van der Waals surface area contributed by atoms with Gasteiger partial charge in [-0.15, -0.1) is 17.5 Å². The molecule has 1 rings (SSSR count). The first-order valence-corrected chi connectivity index (χ1v) is 5.62. The van der Waals surface area contributed by atoms with Crippen molar-refractivity contribution in [1.82, 2.24) is 0 Å². The second kappa shape index (κ2) is 5.69. The summed E-state index contributed by atoms with van der Waals surface area (Å²) in [6.07, 6.45) is 0. The van der Waals surface area contributed by atoms with E-state index in [9.17, 15) is 0 Å². The molecule has 0 amide bonds. The van der Waals surface area contributed by atoms with Gasteiger partial charge in [0, 0.05) is 0 Å². The van der Waals surface area contributed by atoms with E-state index in [1.54, 1.807) is 7.11 Å². The van der Waals surface area contributed by atoms with Gasteiger partial charge >= 0.3 is 20.4 Å². The lowest BCUT2D eigenvalue weighted by molar-refractivity contribution is 0.415. The molecule has 0 saturated carbocycles. The van der Waals surface area contributed by atoms with Crippen molar-refractivity contribution in [2.24, 2.45) is 0 Å². The van der Waals surface area contributed by atoms with E-state index in [0.717, 1.165) is 5.75 Å². The number of hydrogen-bond acceptors (Lipinski definition) is 1. The van der Waals surface area contributed by atoms with Gasteiger partial charge in [-0.2, -0.15) is 3.69 Å². The molecule has 0 heterocycles. The molecule has 0 spiro atoms. The second-order valence-corrected chi connectivity index (χ2v) is 3.73. The minimum atomic E-state index is 0. The van der Waals surface area contributed by atoms with Crippen molar-refractivity contribution in [3.8, 4) is 5.75 Å². The minimum Gasteiger partial charge on any atom is -0.497 e. The maximum Gasteiger partial charge on any atom is 0.404 e. The monoisotopic (exact) mass is 182 g/mol. The standard InChI is InChI=1S/C7H7O.CH3.ClH.Mg/c1-8-7-5-3-2-4-6-7;;;/h3-6H,1H3;1H3;1H;. The molecular formula is C8H11ClMgO. The number of rotatable bonds is 2. The van der Waals surface area contributed by atoms with E-state index in [2.05, 4.69) is 17.2 Å². The summed E-state index contributed by atoms with van der Waals surface area (Å²) in [5.74, 6) is 0.950. The highest BCUT2D eigenvalue weighted by molar-refractivity contribution is 6.51. The van der Waals surface area contributed by atoms with E-state index in [0.29, 0.717) is 0 Å². The second-order valence-electron chi connectivity index (χ2n) is 2.20. The van der Waals surface area contributed by atoms with Gasteiger partial charge in [0.1, 0.15) is 5.75 Å². The van der Waals surface area contributed by atoms with Crippen LogP contribution in [0.3, 0.4) is 0 Å². The fraction of sp³-hybridized carbons (Fsp3) is 0.250. The zero-order valence-corrected chi connectivity index (χ0v) is 9.06. The largest absolute Gasteiger partial charge is 0.497 e. The molecule has 58 valence electrons. The van der Waals surface area contributed by atoms with Crippen molar-refractivity contribution < 1.29 is 4.74 Å². The van der Waals surface area contributed by atoms with Crippen LogP contribution in [0.2, 0.25) is 5.05 Å². The summed E-state index contributed by atoms with van der Waals surface area (Å²) in [6.45, 7) is 0. The Kier molecular flexibility index (Phi) is 5.73. The molecule has 0 aromatic heterocycles. The molecule has 0 saturated heterocycles. The van der Waals surface area contributed by atoms with E-state index in [1.807, 2.05) is 12.1 Å². The molecule has 0 bridgehead atoms. The highest BCUT2D eigenvalue weighted by atomic mass is 35.5. The van der Waals surface area contributed by atoms with Gasteiger partial charge in [-0.25, -0.2) is 0 Å². The van der Waals surface area contributed by atoms with E-state index in [4.69, 9.17) is 4.74 Å². The van der Waals surface area contributed by atoms with Crippen LogP contribution >= 0.6 is 12.4 Å². The van der Waals surface area contributed by atoms with Gasteiger partial charge in [-0.05, 0) is 12.1 Å². The fourth-order valence-electron chi connectivity index (χ4n) is 0.861. The Labute approximate surface area is 83.3 Å². The van der Waals surface area contributed by atoms with Crippen molar-refractivity contribution in [3.63, 3.8) is 0 Å². The molecule has 0 aliphatic carbocycles. The third kappa shape index (κ3) is 3.32. The van der Waals surface area contributed by atoms with E-state index in [-0.39, 0.29) is 32.8 Å². The quantitative estimate of drug-likeness (QED) is 0.631. The molecule has 1 aromatic carbocycles. The average molecular weight is 183 g/mol. The zero-order valence-electron chi connectivity index (χ0n) is 6.83. The summed E-state index contributed by atoms with van der Waals surface area (Å²) in [5.41, 5.74) is 0. The Morgan fingerprint density at radius 1 is 1.18 bits per heavy atom. The number of benzene rings is 1. The highest BCUT2D eigenvalue weighted by Gasteiger charge is 1.91. The topological polar surface area (TPSA) is 9.23 Å². The maximum atomic E-state index is 5.03. The lowest BCUT2D eigenvalue weighted by atomic mass is 10.3. The molecule has 3 heteroatoms. The van der Waals surface area contributed by atoms with Crippen molar-refractivity contribution >= 4 is 36.5 Å². The van der Waals surface area contributed by atoms with Gasteiger partial charge in [0.2, 0.25) is 0 Å². The predicted octanol–water partition coefficient (Wildman–Crippen LogP) is 1.49. The van der Waals surface area contributed by atoms with E-state index in [1.165, 1.54) is 3.69 Å². The predicted molar refractivity (Wildman–Crippen MR) is 51.5 cm³/mol. The summed E-state index contributed by atoms with van der Waals surface area (Å²) in [4.78, 5) is 0. The van der Waals surface area contributed by atoms with Gasteiger partial charge in [-0.3, -0.25) is 0 Å². The lowest BCUT2D eigenvalue weighted by Crippen LogP contribution is -2.08. The Morgan fingerprint density at radius 2 is 1.73 bits per heavy atom. The zero-order chi connectivity index (χ0) is 7.40. The lowest BCUT2D eigenvalue weighted by Gasteiger charge is -1.99. The third-order valence-electron chi connectivity index (χ3n) is 1.57. The van der Waals surface area contributed by atoms with Crippen LogP contribution in [0.5, 0.6) is 5.75 Å². The molecule has 0 radical (unpaired) electrons. The first-order valence-electron chi connectivity index (χ1n) is 3.49. The van der Waals surface area contributed by atoms with Gasteiger partial charge in [0.15, 0.2) is 0 Å². The maximum absolute atomic E-state index is 5.03. The van der Waals surface area contributed by atoms with E-state index < -0.39 is 0 Å². The Balaban J connectivity index is 0.000001000. The van der Waals surface area contributed by atoms with Gasteiger partial charge in [0.05, 0.1) is 7.11 Å². The Hall–Kier alpha value is 0.0762. The highest BCUT2D eigenvalue weighted by Crippen LogP contribution is 2.04. The summed E-state index contributed by atoms with van der Waals surface area (Å²) >= 11 is 0.0121. The summed E-state index contributed by atoms with van der Waals surface area (Å²) in [7, 11) is 1.69. The molecule has 0 aliphatic heterocycles. The van der Waals surface area contributed by atoms with Gasteiger partial charge in [0.25, 0.3) is 0 Å². The molecule has 0 unspecified atom stereocenters. The molecule has 1 nitrogen and oxygen atoms in total. The molecule has 1 aromatic rings. The first kappa shape index (κ1) is 11.1. The van der Waals surface area contributed by atoms with Crippen molar-refractivity contribution in [3.05, 3.63) is 24.3 Å². The molecule has 0 fully saturated rings.